The van der Waals surface area contributed by atoms with Crippen molar-refractivity contribution in [3.05, 3.63) is 69.5 Å². The van der Waals surface area contributed by atoms with Gasteiger partial charge < -0.3 is 20.1 Å². The van der Waals surface area contributed by atoms with Crippen LogP contribution in [0.25, 0.3) is 10.8 Å². The van der Waals surface area contributed by atoms with E-state index in [4.69, 9.17) is 0 Å². The maximum atomic E-state index is 13.1. The molecule has 4 rings (SSSR count). The lowest BCUT2D eigenvalue weighted by Gasteiger charge is -2.27. The van der Waals surface area contributed by atoms with Crippen LogP contribution in [0.1, 0.15) is 50.5 Å². The fraction of sp³-hybridized carbons (Fsp3) is 0.333. The molecule has 0 atom stereocenters. The van der Waals surface area contributed by atoms with Crippen LogP contribution in [0.3, 0.4) is 0 Å². The molecule has 0 spiro atoms. The van der Waals surface area contributed by atoms with E-state index in [0.29, 0.717) is 34.3 Å². The van der Waals surface area contributed by atoms with Gasteiger partial charge in [0.05, 0.1) is 16.2 Å². The first-order valence-corrected chi connectivity index (χ1v) is 12.5. The number of carbonyl (C=O) groups is 4. The van der Waals surface area contributed by atoms with Gasteiger partial charge in [-0.1, -0.05) is 12.1 Å². The summed E-state index contributed by atoms with van der Waals surface area (Å²) in [6.45, 7) is 1.36. The number of nitrogens with one attached hydrogen (secondary N) is 2. The van der Waals surface area contributed by atoms with Gasteiger partial charge in [0.15, 0.2) is 0 Å². The molecule has 1 aliphatic rings. The summed E-state index contributed by atoms with van der Waals surface area (Å²) in [7, 11) is 5.63. The van der Waals surface area contributed by atoms with E-state index in [-0.39, 0.29) is 42.5 Å². The molecule has 0 radical (unpaired) electrons. The molecular formula is C27H30N6O6. The molecule has 4 amide bonds. The zero-order valence-electron chi connectivity index (χ0n) is 22.0. The Morgan fingerprint density at radius 1 is 1.05 bits per heavy atom. The van der Waals surface area contributed by atoms with Gasteiger partial charge in [-0.2, -0.15) is 0 Å². The van der Waals surface area contributed by atoms with Crippen molar-refractivity contribution in [1.82, 2.24) is 19.7 Å². The highest BCUT2D eigenvalue weighted by atomic mass is 16.6. The molecule has 0 saturated heterocycles. The van der Waals surface area contributed by atoms with Gasteiger partial charge >= 0.3 is 0 Å². The summed E-state index contributed by atoms with van der Waals surface area (Å²) in [5.41, 5.74) is 1.01. The molecule has 39 heavy (non-hydrogen) atoms. The summed E-state index contributed by atoms with van der Waals surface area (Å²) in [6.07, 6.45) is 2.65. The van der Waals surface area contributed by atoms with Crippen molar-refractivity contribution in [2.45, 2.75) is 19.3 Å². The van der Waals surface area contributed by atoms with E-state index >= 15 is 0 Å². The van der Waals surface area contributed by atoms with E-state index in [9.17, 15) is 29.3 Å². The Bertz CT molecular complexity index is 1480. The Morgan fingerprint density at radius 2 is 1.79 bits per heavy atom. The van der Waals surface area contributed by atoms with Crippen LogP contribution in [0.15, 0.2) is 42.6 Å². The Labute approximate surface area is 224 Å². The third-order valence-electron chi connectivity index (χ3n) is 6.50. The highest BCUT2D eigenvalue weighted by molar-refractivity contribution is 6.25. The lowest BCUT2D eigenvalue weighted by molar-refractivity contribution is -0.384. The molecule has 0 fully saturated rings. The number of carbonyl (C=O) groups excluding carboxylic acids is 4. The van der Waals surface area contributed by atoms with Gasteiger partial charge in [0.1, 0.15) is 5.69 Å². The second-order valence-corrected chi connectivity index (χ2v) is 9.71. The number of nitro groups is 1. The predicted octanol–water partition coefficient (Wildman–Crippen LogP) is 2.78. The second-order valence-electron chi connectivity index (χ2n) is 9.71. The quantitative estimate of drug-likeness (QED) is 0.166. The summed E-state index contributed by atoms with van der Waals surface area (Å²) >= 11 is 0. The lowest BCUT2D eigenvalue weighted by Crippen LogP contribution is -2.41. The molecule has 3 aromatic rings. The molecule has 1 aromatic heterocycles. The number of rotatable bonds is 11. The normalized spacial score (nSPS) is 12.8. The van der Waals surface area contributed by atoms with Crippen LogP contribution in [-0.4, -0.2) is 76.6 Å². The Hall–Kier alpha value is -4.58. The number of benzene rings is 2. The Balaban J connectivity index is 1.35. The highest BCUT2D eigenvalue weighted by Crippen LogP contribution is 2.33. The van der Waals surface area contributed by atoms with Crippen molar-refractivity contribution in [2.24, 2.45) is 7.05 Å². The van der Waals surface area contributed by atoms with Crippen LogP contribution in [0, 0.1) is 10.1 Å². The first-order chi connectivity index (χ1) is 18.6. The predicted molar refractivity (Wildman–Crippen MR) is 145 cm³/mol. The van der Waals surface area contributed by atoms with Crippen molar-refractivity contribution >= 4 is 45.8 Å². The standard InChI is InChI=1S/C27H30N6O6/c1-30(2)11-6-10-28-25(35)22-14-18(16-31(22)3)29-23(34)9-5-12-32-26(36)20-8-4-7-17-13-19(33(38)39)15-21(24(17)20)27(32)37/h4,7-8,13-16H,5-6,9-12H2,1-3H3,(H,28,35)(H,29,34). The van der Waals surface area contributed by atoms with Gasteiger partial charge in [-0.05, 0) is 51.0 Å². The Morgan fingerprint density at radius 3 is 2.51 bits per heavy atom. The second kappa shape index (κ2) is 11.4. The number of amides is 4. The highest BCUT2D eigenvalue weighted by Gasteiger charge is 2.34. The smallest absolute Gasteiger partial charge is 0.270 e. The van der Waals surface area contributed by atoms with Gasteiger partial charge in [-0.25, -0.2) is 0 Å². The molecule has 1 aliphatic heterocycles. The molecule has 0 bridgehead atoms. The number of nitrogens with zero attached hydrogens (tertiary/aromatic N) is 4. The SMILES string of the molecule is CN(C)CCCNC(=O)c1cc(NC(=O)CCCN2C(=O)c3cccc4cc([N+](=O)[O-])cc(c34)C2=O)cn1C. The summed E-state index contributed by atoms with van der Waals surface area (Å²) in [5.74, 6) is -1.71. The molecule has 2 N–H and O–H groups in total. The molecule has 0 aliphatic carbocycles. The number of hydrogen-bond acceptors (Lipinski definition) is 7. The maximum absolute atomic E-state index is 13.1. The fourth-order valence-electron chi connectivity index (χ4n) is 4.62. The first kappa shape index (κ1) is 27.5. The van der Waals surface area contributed by atoms with E-state index in [1.807, 2.05) is 19.0 Å². The van der Waals surface area contributed by atoms with Crippen molar-refractivity contribution in [3.63, 3.8) is 0 Å². The zero-order valence-corrected chi connectivity index (χ0v) is 22.0. The largest absolute Gasteiger partial charge is 0.351 e. The molecule has 2 heterocycles. The average Bonchev–Trinajstić information content (AvgIpc) is 3.26. The topological polar surface area (TPSA) is 147 Å². The van der Waals surface area contributed by atoms with Gasteiger partial charge in [-0.15, -0.1) is 0 Å². The lowest BCUT2D eigenvalue weighted by atomic mass is 9.93. The average molecular weight is 535 g/mol. The van der Waals surface area contributed by atoms with Crippen molar-refractivity contribution in [1.29, 1.82) is 0 Å². The Kier molecular flexibility index (Phi) is 8.05. The van der Waals surface area contributed by atoms with Gasteiger partial charge in [0.2, 0.25) is 5.91 Å². The van der Waals surface area contributed by atoms with Crippen LogP contribution in [0.4, 0.5) is 11.4 Å². The fourth-order valence-corrected chi connectivity index (χ4v) is 4.62. The molecular weight excluding hydrogens is 504 g/mol. The molecule has 0 saturated carbocycles. The number of aromatic nitrogens is 1. The van der Waals surface area contributed by atoms with Gasteiger partial charge in [-0.3, -0.25) is 34.2 Å². The van der Waals surface area contributed by atoms with Crippen molar-refractivity contribution < 1.29 is 24.1 Å². The van der Waals surface area contributed by atoms with Gasteiger partial charge in [0.25, 0.3) is 23.4 Å². The maximum Gasteiger partial charge on any atom is 0.270 e. The van der Waals surface area contributed by atoms with E-state index < -0.39 is 16.7 Å². The monoisotopic (exact) mass is 534 g/mol. The molecule has 12 heteroatoms. The molecule has 204 valence electrons. The minimum atomic E-state index is -0.628. The van der Waals surface area contributed by atoms with E-state index in [2.05, 4.69) is 10.6 Å². The third kappa shape index (κ3) is 5.96. The molecule has 2 aromatic carbocycles. The van der Waals surface area contributed by atoms with Crippen molar-refractivity contribution in [2.75, 3.05) is 39.0 Å². The number of aryl methyl sites for hydroxylation is 1. The summed E-state index contributed by atoms with van der Waals surface area (Å²) < 4.78 is 1.62. The third-order valence-corrected chi connectivity index (χ3v) is 6.50. The summed E-state index contributed by atoms with van der Waals surface area (Å²) in [6, 6.07) is 8.93. The zero-order chi connectivity index (χ0) is 28.3. The minimum Gasteiger partial charge on any atom is -0.351 e. The van der Waals surface area contributed by atoms with E-state index in [0.717, 1.165) is 17.9 Å². The number of nitro benzene ring substituents is 1. The van der Waals surface area contributed by atoms with E-state index in [1.165, 1.54) is 12.1 Å². The van der Waals surface area contributed by atoms with Crippen LogP contribution < -0.4 is 10.6 Å². The van der Waals surface area contributed by atoms with Crippen LogP contribution in [-0.2, 0) is 11.8 Å². The van der Waals surface area contributed by atoms with Gasteiger partial charge in [0, 0.05) is 55.8 Å². The number of anilines is 1. The number of hydrogen-bond donors (Lipinski definition) is 2. The minimum absolute atomic E-state index is 0.0179. The first-order valence-electron chi connectivity index (χ1n) is 12.5. The summed E-state index contributed by atoms with van der Waals surface area (Å²) in [4.78, 5) is 65.0. The van der Waals surface area contributed by atoms with Crippen LogP contribution in [0.2, 0.25) is 0 Å². The van der Waals surface area contributed by atoms with Crippen LogP contribution >= 0.6 is 0 Å². The number of non-ortho nitro benzene ring substituents is 1. The van der Waals surface area contributed by atoms with Crippen LogP contribution in [0.5, 0.6) is 0 Å². The number of imide groups is 1. The van der Waals surface area contributed by atoms with E-state index in [1.54, 1.807) is 42.1 Å². The summed E-state index contributed by atoms with van der Waals surface area (Å²) in [5, 5.41) is 17.8. The van der Waals surface area contributed by atoms with Crippen molar-refractivity contribution in [3.8, 4) is 0 Å². The molecule has 0 unspecified atom stereocenters. The molecule has 12 nitrogen and oxygen atoms in total.